The first kappa shape index (κ1) is 23.5. The molecule has 0 aliphatic heterocycles. The molecule has 0 saturated heterocycles. The van der Waals surface area contributed by atoms with Crippen LogP contribution in [0.2, 0.25) is 0 Å². The second-order valence-electron chi connectivity index (χ2n) is 9.27. The van der Waals surface area contributed by atoms with Gasteiger partial charge in [0, 0.05) is 23.4 Å². The smallest absolute Gasteiger partial charge is 0.240 e. The molecule has 0 amide bonds. The first-order chi connectivity index (χ1) is 16.7. The quantitative estimate of drug-likeness (QED) is 0.390. The van der Waals surface area contributed by atoms with E-state index in [0.717, 1.165) is 33.6 Å². The summed E-state index contributed by atoms with van der Waals surface area (Å²) in [5.74, 6) is 0.305. The molecule has 1 aliphatic carbocycles. The highest BCUT2D eigenvalue weighted by Crippen LogP contribution is 2.31. The van der Waals surface area contributed by atoms with Crippen molar-refractivity contribution in [1.82, 2.24) is 19.1 Å². The standard InChI is InChI=1S/C26H29N5O3S/c1-16-5-3-4-6-21(16)23-15-31-24(14-28-26(31)25(27)29-23)22-13-20(12-7-17(22)2)35(33,34)30-18-8-10-19(32)11-9-18/h3-7,12-15,18-19,30,32H,8-11H2,1-2H3,(H2,27,29). The molecule has 182 valence electrons. The number of hydrogen-bond acceptors (Lipinski definition) is 6. The average molecular weight is 492 g/mol. The second-order valence-corrected chi connectivity index (χ2v) is 11.0. The van der Waals surface area contributed by atoms with E-state index in [0.29, 0.717) is 37.1 Å². The molecule has 0 atom stereocenters. The molecule has 1 saturated carbocycles. The first-order valence-electron chi connectivity index (χ1n) is 11.7. The fourth-order valence-corrected chi connectivity index (χ4v) is 6.06. The van der Waals surface area contributed by atoms with Gasteiger partial charge in [-0.3, -0.25) is 4.40 Å². The van der Waals surface area contributed by atoms with Gasteiger partial charge in [0.2, 0.25) is 10.0 Å². The molecule has 35 heavy (non-hydrogen) atoms. The second kappa shape index (κ2) is 9.07. The summed E-state index contributed by atoms with van der Waals surface area (Å²) >= 11 is 0. The minimum absolute atomic E-state index is 0.175. The fraction of sp³-hybridized carbons (Fsp3) is 0.308. The number of anilines is 1. The Hall–Kier alpha value is -3.27. The third kappa shape index (κ3) is 4.54. The van der Waals surface area contributed by atoms with Gasteiger partial charge < -0.3 is 10.8 Å². The van der Waals surface area contributed by atoms with Crippen molar-refractivity contribution in [3.05, 3.63) is 66.0 Å². The van der Waals surface area contributed by atoms with E-state index >= 15 is 0 Å². The number of aliphatic hydroxyl groups excluding tert-OH is 1. The maximum atomic E-state index is 13.2. The Bertz CT molecular complexity index is 1500. The fourth-order valence-electron chi connectivity index (χ4n) is 4.73. The molecule has 4 N–H and O–H groups in total. The van der Waals surface area contributed by atoms with Crippen molar-refractivity contribution in [3.8, 4) is 22.5 Å². The third-order valence-electron chi connectivity index (χ3n) is 6.75. The Morgan fingerprint density at radius 3 is 2.49 bits per heavy atom. The normalized spacial score (nSPS) is 18.7. The average Bonchev–Trinajstić information content (AvgIpc) is 3.25. The van der Waals surface area contributed by atoms with Gasteiger partial charge in [-0.25, -0.2) is 23.1 Å². The van der Waals surface area contributed by atoms with Gasteiger partial charge in [0.1, 0.15) is 0 Å². The summed E-state index contributed by atoms with van der Waals surface area (Å²) in [6, 6.07) is 12.9. The summed E-state index contributed by atoms with van der Waals surface area (Å²) in [6.45, 7) is 3.96. The van der Waals surface area contributed by atoms with Crippen molar-refractivity contribution in [2.75, 3.05) is 5.73 Å². The summed E-state index contributed by atoms with van der Waals surface area (Å²) in [4.78, 5) is 9.23. The van der Waals surface area contributed by atoms with Crippen LogP contribution in [0.15, 0.2) is 59.8 Å². The lowest BCUT2D eigenvalue weighted by atomic mass is 9.94. The van der Waals surface area contributed by atoms with Crippen molar-refractivity contribution in [1.29, 1.82) is 0 Å². The lowest BCUT2D eigenvalue weighted by Crippen LogP contribution is -2.38. The van der Waals surface area contributed by atoms with E-state index in [4.69, 9.17) is 5.73 Å². The molecule has 2 aromatic carbocycles. The van der Waals surface area contributed by atoms with E-state index in [1.165, 1.54) is 0 Å². The number of fused-ring (bicyclic) bond motifs is 1. The topological polar surface area (TPSA) is 123 Å². The highest BCUT2D eigenvalue weighted by molar-refractivity contribution is 7.89. The predicted molar refractivity (Wildman–Crippen MR) is 136 cm³/mol. The zero-order valence-corrected chi connectivity index (χ0v) is 20.6. The maximum Gasteiger partial charge on any atom is 0.240 e. The van der Waals surface area contributed by atoms with E-state index in [2.05, 4.69) is 14.7 Å². The number of nitrogen functional groups attached to an aromatic ring is 1. The van der Waals surface area contributed by atoms with Gasteiger partial charge >= 0.3 is 0 Å². The molecule has 0 spiro atoms. The number of nitrogens with one attached hydrogen (secondary N) is 1. The minimum atomic E-state index is -3.72. The summed E-state index contributed by atoms with van der Waals surface area (Å²) in [6.07, 6.45) is 5.70. The van der Waals surface area contributed by atoms with Gasteiger partial charge in [-0.05, 0) is 62.8 Å². The lowest BCUT2D eigenvalue weighted by molar-refractivity contribution is 0.120. The van der Waals surface area contributed by atoms with E-state index in [1.807, 2.05) is 48.7 Å². The Labute approximate surface area is 204 Å². The number of benzene rings is 2. The van der Waals surface area contributed by atoms with Gasteiger partial charge in [-0.2, -0.15) is 0 Å². The van der Waals surface area contributed by atoms with Crippen molar-refractivity contribution in [2.45, 2.75) is 56.6 Å². The van der Waals surface area contributed by atoms with Crippen LogP contribution in [0.5, 0.6) is 0 Å². The zero-order valence-electron chi connectivity index (χ0n) is 19.8. The monoisotopic (exact) mass is 491 g/mol. The Kier molecular flexibility index (Phi) is 6.08. The highest BCUT2D eigenvalue weighted by atomic mass is 32.2. The molecule has 8 nitrogen and oxygen atoms in total. The Morgan fingerprint density at radius 2 is 1.74 bits per heavy atom. The number of aliphatic hydroxyl groups is 1. The van der Waals surface area contributed by atoms with Crippen LogP contribution in [0.4, 0.5) is 5.82 Å². The van der Waals surface area contributed by atoms with Crippen LogP contribution in [-0.2, 0) is 10.0 Å². The first-order valence-corrected chi connectivity index (χ1v) is 13.2. The van der Waals surface area contributed by atoms with Crippen molar-refractivity contribution in [3.63, 3.8) is 0 Å². The lowest BCUT2D eigenvalue weighted by Gasteiger charge is -2.26. The molecule has 2 heterocycles. The molecular formula is C26H29N5O3S. The van der Waals surface area contributed by atoms with Gasteiger partial charge in [-0.1, -0.05) is 30.3 Å². The minimum Gasteiger partial charge on any atom is -0.393 e. The van der Waals surface area contributed by atoms with Gasteiger partial charge in [0.25, 0.3) is 0 Å². The van der Waals surface area contributed by atoms with E-state index < -0.39 is 10.0 Å². The summed E-state index contributed by atoms with van der Waals surface area (Å²) < 4.78 is 31.1. The van der Waals surface area contributed by atoms with Crippen molar-refractivity contribution in [2.24, 2.45) is 0 Å². The number of hydrogen-bond donors (Lipinski definition) is 3. The van der Waals surface area contributed by atoms with Crippen LogP contribution in [0, 0.1) is 13.8 Å². The van der Waals surface area contributed by atoms with E-state index in [9.17, 15) is 13.5 Å². The van der Waals surface area contributed by atoms with Gasteiger partial charge in [0.15, 0.2) is 11.5 Å². The number of rotatable bonds is 5. The van der Waals surface area contributed by atoms with Gasteiger partial charge in [-0.15, -0.1) is 0 Å². The van der Waals surface area contributed by atoms with Crippen molar-refractivity contribution >= 4 is 21.5 Å². The van der Waals surface area contributed by atoms with Crippen LogP contribution >= 0.6 is 0 Å². The molecule has 1 fully saturated rings. The van der Waals surface area contributed by atoms with Crippen LogP contribution in [0.25, 0.3) is 28.2 Å². The Balaban J connectivity index is 1.56. The van der Waals surface area contributed by atoms with Crippen LogP contribution in [0.1, 0.15) is 36.8 Å². The Morgan fingerprint density at radius 1 is 1.03 bits per heavy atom. The number of nitrogens with zero attached hydrogens (tertiary/aromatic N) is 3. The molecule has 0 bridgehead atoms. The van der Waals surface area contributed by atoms with Crippen LogP contribution < -0.4 is 10.5 Å². The number of sulfonamides is 1. The number of aromatic nitrogens is 3. The SMILES string of the molecule is Cc1ccccc1-c1cn2c(-c3cc(S(=O)(=O)NC4CCC(O)CC4)ccc3C)cnc2c(N)n1. The largest absolute Gasteiger partial charge is 0.393 e. The molecule has 1 aliphatic rings. The maximum absolute atomic E-state index is 13.2. The van der Waals surface area contributed by atoms with Crippen LogP contribution in [0.3, 0.4) is 0 Å². The van der Waals surface area contributed by atoms with Gasteiger partial charge in [0.05, 0.1) is 28.6 Å². The van der Waals surface area contributed by atoms with Crippen molar-refractivity contribution < 1.29 is 13.5 Å². The molecule has 4 aromatic rings. The number of imidazole rings is 1. The highest BCUT2D eigenvalue weighted by Gasteiger charge is 2.25. The molecule has 5 rings (SSSR count). The molecule has 2 aromatic heterocycles. The molecule has 0 radical (unpaired) electrons. The summed E-state index contributed by atoms with van der Waals surface area (Å²) in [5.41, 5.74) is 11.9. The zero-order chi connectivity index (χ0) is 24.7. The molecule has 0 unspecified atom stereocenters. The summed E-state index contributed by atoms with van der Waals surface area (Å²) in [5, 5.41) is 9.73. The predicted octanol–water partition coefficient (Wildman–Crippen LogP) is 3.84. The van der Waals surface area contributed by atoms with E-state index in [1.54, 1.807) is 24.4 Å². The summed E-state index contributed by atoms with van der Waals surface area (Å²) in [7, 11) is -3.72. The number of aryl methyl sites for hydroxylation is 2. The van der Waals surface area contributed by atoms with Crippen LogP contribution in [-0.4, -0.2) is 40.0 Å². The molecule has 9 heteroatoms. The number of nitrogens with two attached hydrogens (primary N) is 1. The molecular weight excluding hydrogens is 462 g/mol. The third-order valence-corrected chi connectivity index (χ3v) is 8.27. The van der Waals surface area contributed by atoms with E-state index in [-0.39, 0.29) is 17.0 Å².